The lowest BCUT2D eigenvalue weighted by Crippen LogP contribution is -2.24. The number of carbonyl (C=O) groups is 1. The lowest BCUT2D eigenvalue weighted by molar-refractivity contribution is 0.00637. The zero-order chi connectivity index (χ0) is 20.6. The van der Waals surface area contributed by atoms with Gasteiger partial charge in [-0.3, -0.25) is 4.57 Å². The highest BCUT2D eigenvalue weighted by atomic mass is 35.5. The first kappa shape index (κ1) is 21.0. The van der Waals surface area contributed by atoms with Gasteiger partial charge in [0.05, 0.1) is 5.02 Å². The number of benzene rings is 2. The molecular formula is C20H16Cl4N2O2. The fourth-order valence-corrected chi connectivity index (χ4v) is 3.45. The summed E-state index contributed by atoms with van der Waals surface area (Å²) in [5.41, 5.74) is 0.533. The molecule has 28 heavy (non-hydrogen) atoms. The molecule has 0 radical (unpaired) electrons. The Morgan fingerprint density at radius 2 is 1.57 bits per heavy atom. The molecule has 8 heteroatoms. The van der Waals surface area contributed by atoms with E-state index in [0.29, 0.717) is 32.1 Å². The first-order valence-corrected chi connectivity index (χ1v) is 9.81. The highest BCUT2D eigenvalue weighted by molar-refractivity contribution is 6.36. The predicted octanol–water partition coefficient (Wildman–Crippen LogP) is 7.11. The third kappa shape index (κ3) is 4.47. The van der Waals surface area contributed by atoms with Gasteiger partial charge in [0.25, 0.3) is 0 Å². The zero-order valence-corrected chi connectivity index (χ0v) is 18.3. The molecule has 0 amide bonds. The van der Waals surface area contributed by atoms with Crippen LogP contribution < -0.4 is 0 Å². The van der Waals surface area contributed by atoms with Crippen LogP contribution >= 0.6 is 46.4 Å². The van der Waals surface area contributed by atoms with Crippen molar-refractivity contribution in [1.82, 2.24) is 9.55 Å². The van der Waals surface area contributed by atoms with Crippen LogP contribution in [0.2, 0.25) is 20.2 Å². The maximum Gasteiger partial charge on any atom is 0.360 e. The molecule has 1 aromatic heterocycles. The average molecular weight is 458 g/mol. The second-order valence-corrected chi connectivity index (χ2v) is 8.65. The molecule has 146 valence electrons. The maximum absolute atomic E-state index is 12.6. The normalized spacial score (nSPS) is 11.5. The Morgan fingerprint density at radius 1 is 0.964 bits per heavy atom. The third-order valence-corrected chi connectivity index (χ3v) is 4.82. The van der Waals surface area contributed by atoms with Crippen LogP contribution in [0.3, 0.4) is 0 Å². The van der Waals surface area contributed by atoms with Gasteiger partial charge in [-0.1, -0.05) is 46.4 Å². The summed E-state index contributed by atoms with van der Waals surface area (Å²) < 4.78 is 7.06. The van der Waals surface area contributed by atoms with E-state index in [-0.39, 0.29) is 10.8 Å². The van der Waals surface area contributed by atoms with Gasteiger partial charge in [0.2, 0.25) is 0 Å². The number of rotatable bonds is 3. The van der Waals surface area contributed by atoms with Crippen molar-refractivity contribution >= 4 is 52.4 Å². The van der Waals surface area contributed by atoms with E-state index in [1.165, 1.54) is 0 Å². The number of aromatic nitrogens is 2. The summed E-state index contributed by atoms with van der Waals surface area (Å²) in [5.74, 6) is -0.244. The van der Waals surface area contributed by atoms with Crippen LogP contribution in [0, 0.1) is 0 Å². The largest absolute Gasteiger partial charge is 0.455 e. The summed E-state index contributed by atoms with van der Waals surface area (Å²) in [6.07, 6.45) is 0. The topological polar surface area (TPSA) is 44.1 Å². The van der Waals surface area contributed by atoms with Crippen LogP contribution in [0.4, 0.5) is 0 Å². The Morgan fingerprint density at radius 3 is 2.14 bits per heavy atom. The highest BCUT2D eigenvalue weighted by Gasteiger charge is 2.28. The quantitative estimate of drug-likeness (QED) is 0.393. The van der Waals surface area contributed by atoms with Crippen molar-refractivity contribution < 1.29 is 9.53 Å². The molecule has 0 bridgehead atoms. The smallest absolute Gasteiger partial charge is 0.360 e. The van der Waals surface area contributed by atoms with Gasteiger partial charge < -0.3 is 4.74 Å². The van der Waals surface area contributed by atoms with Crippen molar-refractivity contribution in [3.8, 4) is 17.1 Å². The van der Waals surface area contributed by atoms with E-state index in [0.717, 1.165) is 0 Å². The van der Waals surface area contributed by atoms with Gasteiger partial charge in [0.1, 0.15) is 16.6 Å². The SMILES string of the molecule is CC(C)(C)OC(=O)c1nc(-c2ccc(Cl)cc2Cl)n(-c2ccc(Cl)cc2)c1Cl. The molecule has 3 aromatic rings. The number of carbonyl (C=O) groups excluding carboxylic acids is 1. The fourth-order valence-electron chi connectivity index (χ4n) is 2.53. The second kappa shape index (κ2) is 7.96. The Hall–Kier alpha value is -1.72. The number of halogens is 4. The molecule has 0 fully saturated rings. The molecule has 0 N–H and O–H groups in total. The summed E-state index contributed by atoms with van der Waals surface area (Å²) in [6, 6.07) is 12.0. The van der Waals surface area contributed by atoms with E-state index in [1.807, 2.05) is 0 Å². The molecule has 0 aliphatic carbocycles. The molecule has 0 atom stereocenters. The van der Waals surface area contributed by atoms with Crippen LogP contribution in [0.1, 0.15) is 31.3 Å². The van der Waals surface area contributed by atoms with Crippen LogP contribution in [0.25, 0.3) is 17.1 Å². The molecule has 0 spiro atoms. The van der Waals surface area contributed by atoms with Crippen molar-refractivity contribution in [2.75, 3.05) is 0 Å². The fraction of sp³-hybridized carbons (Fsp3) is 0.200. The number of ether oxygens (including phenoxy) is 1. The summed E-state index contributed by atoms with van der Waals surface area (Å²) in [7, 11) is 0. The predicted molar refractivity (Wildman–Crippen MR) is 114 cm³/mol. The number of imidazole rings is 1. The molecule has 0 unspecified atom stereocenters. The standard InChI is InChI=1S/C20H16Cl4N2O2/c1-20(2,3)28-19(27)16-17(24)26(13-7-4-11(21)5-8-13)18(25-16)14-9-6-12(22)10-15(14)23/h4-10H,1-3H3. The van der Waals surface area contributed by atoms with Gasteiger partial charge in [-0.05, 0) is 63.2 Å². The summed E-state index contributed by atoms with van der Waals surface area (Å²) in [4.78, 5) is 17.1. The van der Waals surface area contributed by atoms with Crippen LogP contribution in [0.15, 0.2) is 42.5 Å². The Labute approximate surface area is 182 Å². The molecule has 0 aliphatic heterocycles. The maximum atomic E-state index is 12.6. The minimum absolute atomic E-state index is 0.00689. The Balaban J connectivity index is 2.23. The van der Waals surface area contributed by atoms with E-state index < -0.39 is 11.6 Å². The van der Waals surface area contributed by atoms with Crippen molar-refractivity contribution in [3.05, 3.63) is 68.4 Å². The van der Waals surface area contributed by atoms with E-state index in [4.69, 9.17) is 51.1 Å². The monoisotopic (exact) mass is 456 g/mol. The van der Waals surface area contributed by atoms with Crippen molar-refractivity contribution in [2.24, 2.45) is 0 Å². The van der Waals surface area contributed by atoms with Gasteiger partial charge in [-0.25, -0.2) is 9.78 Å². The molecular weight excluding hydrogens is 442 g/mol. The Kier molecular flexibility index (Phi) is 5.97. The van der Waals surface area contributed by atoms with Crippen LogP contribution in [0.5, 0.6) is 0 Å². The molecule has 0 aliphatic rings. The van der Waals surface area contributed by atoms with Crippen molar-refractivity contribution in [3.63, 3.8) is 0 Å². The summed E-state index contributed by atoms with van der Waals surface area (Å²) in [5, 5.41) is 1.54. The van der Waals surface area contributed by atoms with E-state index >= 15 is 0 Å². The first-order valence-electron chi connectivity index (χ1n) is 8.30. The lowest BCUT2D eigenvalue weighted by Gasteiger charge is -2.18. The zero-order valence-electron chi connectivity index (χ0n) is 15.3. The average Bonchev–Trinajstić information content (AvgIpc) is 2.91. The van der Waals surface area contributed by atoms with Gasteiger partial charge in [0.15, 0.2) is 5.69 Å². The molecule has 4 nitrogen and oxygen atoms in total. The highest BCUT2D eigenvalue weighted by Crippen LogP contribution is 2.35. The summed E-state index contributed by atoms with van der Waals surface area (Å²) in [6.45, 7) is 5.31. The van der Waals surface area contributed by atoms with Crippen molar-refractivity contribution in [1.29, 1.82) is 0 Å². The lowest BCUT2D eigenvalue weighted by atomic mass is 10.2. The Bertz CT molecular complexity index is 1040. The molecule has 2 aromatic carbocycles. The van der Waals surface area contributed by atoms with E-state index in [2.05, 4.69) is 4.98 Å². The van der Waals surface area contributed by atoms with Gasteiger partial charge in [-0.2, -0.15) is 0 Å². The van der Waals surface area contributed by atoms with Crippen molar-refractivity contribution in [2.45, 2.75) is 26.4 Å². The van der Waals surface area contributed by atoms with E-state index in [1.54, 1.807) is 67.8 Å². The minimum atomic E-state index is -0.692. The minimum Gasteiger partial charge on any atom is -0.455 e. The second-order valence-electron chi connectivity index (χ2n) is 7.01. The van der Waals surface area contributed by atoms with Gasteiger partial charge in [-0.15, -0.1) is 0 Å². The third-order valence-electron chi connectivity index (χ3n) is 3.67. The number of esters is 1. The van der Waals surface area contributed by atoms with Crippen LogP contribution in [-0.2, 0) is 4.74 Å². The molecule has 3 rings (SSSR count). The molecule has 0 saturated heterocycles. The van der Waals surface area contributed by atoms with Crippen LogP contribution in [-0.4, -0.2) is 21.1 Å². The molecule has 0 saturated carbocycles. The molecule has 1 heterocycles. The van der Waals surface area contributed by atoms with E-state index in [9.17, 15) is 4.79 Å². The number of nitrogens with zero attached hydrogens (tertiary/aromatic N) is 2. The summed E-state index contributed by atoms with van der Waals surface area (Å²) >= 11 is 24.9. The van der Waals surface area contributed by atoms with Gasteiger partial charge in [0, 0.05) is 21.3 Å². The number of hydrogen-bond donors (Lipinski definition) is 0. The number of hydrogen-bond acceptors (Lipinski definition) is 3. The van der Waals surface area contributed by atoms with Gasteiger partial charge >= 0.3 is 5.97 Å². The first-order chi connectivity index (χ1) is 13.1.